The number of nitrogens with one attached hydrogen (secondary N) is 1. The predicted octanol–water partition coefficient (Wildman–Crippen LogP) is 3.41. The first kappa shape index (κ1) is 14.3. The number of hydrogen-bond acceptors (Lipinski definition) is 2. The summed E-state index contributed by atoms with van der Waals surface area (Å²) in [4.78, 5) is 15.7. The molecular weight excluding hydrogens is 259 g/mol. The van der Waals surface area contributed by atoms with Crippen LogP contribution >= 0.6 is 23.2 Å². The molecule has 0 saturated carbocycles. The molecule has 0 fully saturated rings. The maximum Gasteiger partial charge on any atom is 0.271 e. The van der Waals surface area contributed by atoms with Crippen LogP contribution < -0.4 is 5.32 Å². The number of aromatic nitrogens is 1. The van der Waals surface area contributed by atoms with Crippen molar-refractivity contribution >= 4 is 29.1 Å². The smallest absolute Gasteiger partial charge is 0.271 e. The highest BCUT2D eigenvalue weighted by atomic mass is 35.5. The molecule has 0 aromatic carbocycles. The molecule has 1 aromatic rings. The van der Waals surface area contributed by atoms with E-state index in [4.69, 9.17) is 23.2 Å². The van der Waals surface area contributed by atoms with Crippen molar-refractivity contribution in [3.05, 3.63) is 28.0 Å². The minimum atomic E-state index is -0.287. The Labute approximate surface area is 112 Å². The zero-order valence-corrected chi connectivity index (χ0v) is 11.6. The van der Waals surface area contributed by atoms with Gasteiger partial charge in [-0.2, -0.15) is 0 Å². The van der Waals surface area contributed by atoms with Crippen molar-refractivity contribution < 1.29 is 4.79 Å². The van der Waals surface area contributed by atoms with Crippen molar-refractivity contribution in [2.45, 2.75) is 20.8 Å². The van der Waals surface area contributed by atoms with E-state index in [-0.39, 0.29) is 16.8 Å². The van der Waals surface area contributed by atoms with E-state index >= 15 is 0 Å². The number of halogens is 2. The van der Waals surface area contributed by atoms with E-state index in [0.717, 1.165) is 0 Å². The van der Waals surface area contributed by atoms with Gasteiger partial charge in [0.2, 0.25) is 0 Å². The molecule has 0 aliphatic carbocycles. The first-order chi connectivity index (χ1) is 7.91. The molecule has 1 unspecified atom stereocenters. The Balaban J connectivity index is 2.67. The van der Waals surface area contributed by atoms with E-state index in [1.165, 1.54) is 0 Å². The van der Waals surface area contributed by atoms with Crippen LogP contribution in [0.5, 0.6) is 0 Å². The number of carbonyl (C=O) groups excluding carboxylic acids is 1. The zero-order chi connectivity index (χ0) is 13.0. The van der Waals surface area contributed by atoms with Crippen LogP contribution in [0.25, 0.3) is 0 Å². The number of rotatable bonds is 4. The van der Waals surface area contributed by atoms with E-state index in [0.29, 0.717) is 23.4 Å². The molecule has 0 aliphatic heterocycles. The molecule has 1 aromatic heterocycles. The summed E-state index contributed by atoms with van der Waals surface area (Å²) in [5.74, 6) is 0.625. The molecule has 0 spiro atoms. The van der Waals surface area contributed by atoms with Crippen LogP contribution in [0.4, 0.5) is 0 Å². The Bertz CT molecular complexity index is 407. The molecule has 0 aliphatic rings. The predicted molar refractivity (Wildman–Crippen MR) is 70.6 cm³/mol. The van der Waals surface area contributed by atoms with E-state index in [1.54, 1.807) is 12.1 Å². The summed E-state index contributed by atoms with van der Waals surface area (Å²) in [5, 5.41) is 3.37. The molecule has 1 N–H and O–H groups in total. The molecule has 1 rings (SSSR count). The van der Waals surface area contributed by atoms with Gasteiger partial charge in [0.15, 0.2) is 0 Å². The van der Waals surface area contributed by atoms with Gasteiger partial charge in [0.25, 0.3) is 5.91 Å². The highest BCUT2D eigenvalue weighted by molar-refractivity contribution is 6.34. The Hall–Kier alpha value is -0.800. The second-order valence-electron chi connectivity index (χ2n) is 4.40. The average Bonchev–Trinajstić information content (AvgIpc) is 2.28. The topological polar surface area (TPSA) is 42.0 Å². The molecule has 94 valence electrons. The zero-order valence-electron chi connectivity index (χ0n) is 10.1. The summed E-state index contributed by atoms with van der Waals surface area (Å²) in [7, 11) is 0. The van der Waals surface area contributed by atoms with Gasteiger partial charge in [0.05, 0.1) is 5.02 Å². The third-order valence-electron chi connectivity index (χ3n) is 2.75. The Morgan fingerprint density at radius 2 is 2.00 bits per heavy atom. The van der Waals surface area contributed by atoms with Crippen LogP contribution in [0.15, 0.2) is 12.1 Å². The SMILES string of the molecule is CC(C)C(C)CNC(=O)c1nc(Cl)ccc1Cl. The molecule has 1 atom stereocenters. The second kappa shape index (κ2) is 6.22. The lowest BCUT2D eigenvalue weighted by Crippen LogP contribution is -2.30. The summed E-state index contributed by atoms with van der Waals surface area (Å²) < 4.78 is 0. The van der Waals surface area contributed by atoms with Crippen molar-refractivity contribution in [2.24, 2.45) is 11.8 Å². The van der Waals surface area contributed by atoms with E-state index in [9.17, 15) is 4.79 Å². The first-order valence-corrected chi connectivity index (χ1v) is 6.27. The van der Waals surface area contributed by atoms with Crippen molar-refractivity contribution in [1.82, 2.24) is 10.3 Å². The summed E-state index contributed by atoms with van der Waals surface area (Å²) in [6.07, 6.45) is 0. The molecule has 1 amide bonds. The van der Waals surface area contributed by atoms with E-state index in [1.807, 2.05) is 0 Å². The van der Waals surface area contributed by atoms with Crippen molar-refractivity contribution in [1.29, 1.82) is 0 Å². The lowest BCUT2D eigenvalue weighted by molar-refractivity contribution is 0.0940. The van der Waals surface area contributed by atoms with Gasteiger partial charge < -0.3 is 5.32 Å². The van der Waals surface area contributed by atoms with Crippen molar-refractivity contribution in [3.63, 3.8) is 0 Å². The van der Waals surface area contributed by atoms with Crippen LogP contribution in [0.1, 0.15) is 31.3 Å². The number of carbonyl (C=O) groups is 1. The summed E-state index contributed by atoms with van der Waals surface area (Å²) >= 11 is 11.6. The summed E-state index contributed by atoms with van der Waals surface area (Å²) in [5.41, 5.74) is 0.176. The van der Waals surface area contributed by atoms with Gasteiger partial charge in [-0.1, -0.05) is 44.0 Å². The van der Waals surface area contributed by atoms with Gasteiger partial charge in [-0.3, -0.25) is 4.79 Å². The Morgan fingerprint density at radius 3 is 2.59 bits per heavy atom. The highest BCUT2D eigenvalue weighted by Crippen LogP contribution is 2.17. The molecule has 0 bridgehead atoms. The monoisotopic (exact) mass is 274 g/mol. The second-order valence-corrected chi connectivity index (χ2v) is 5.19. The molecule has 0 saturated heterocycles. The molecule has 3 nitrogen and oxygen atoms in total. The van der Waals surface area contributed by atoms with Gasteiger partial charge in [-0.05, 0) is 24.0 Å². The number of amides is 1. The number of nitrogens with zero attached hydrogens (tertiary/aromatic N) is 1. The molecule has 5 heteroatoms. The van der Waals surface area contributed by atoms with Crippen LogP contribution in [0, 0.1) is 11.8 Å². The van der Waals surface area contributed by atoms with E-state index < -0.39 is 0 Å². The van der Waals surface area contributed by atoms with Crippen LogP contribution in [0.3, 0.4) is 0 Å². The molecule has 1 heterocycles. The fraction of sp³-hybridized carbons (Fsp3) is 0.500. The molecular formula is C12H16Cl2N2O. The van der Waals surface area contributed by atoms with Gasteiger partial charge in [-0.25, -0.2) is 4.98 Å². The fourth-order valence-corrected chi connectivity index (χ4v) is 1.49. The Morgan fingerprint density at radius 1 is 1.35 bits per heavy atom. The Kier molecular flexibility index (Phi) is 5.22. The number of hydrogen-bond donors (Lipinski definition) is 1. The maximum atomic E-state index is 11.8. The van der Waals surface area contributed by atoms with Gasteiger partial charge in [0.1, 0.15) is 10.8 Å². The third-order valence-corrected chi connectivity index (χ3v) is 3.27. The first-order valence-electron chi connectivity index (χ1n) is 5.52. The minimum absolute atomic E-state index is 0.176. The fourth-order valence-electron chi connectivity index (χ4n) is 1.15. The van der Waals surface area contributed by atoms with Gasteiger partial charge >= 0.3 is 0 Å². The maximum absolute atomic E-state index is 11.8. The standard InChI is InChI=1S/C12H16Cl2N2O/c1-7(2)8(3)6-15-12(17)11-9(13)4-5-10(14)16-11/h4-5,7-8H,6H2,1-3H3,(H,15,17). The molecule has 0 radical (unpaired) electrons. The highest BCUT2D eigenvalue weighted by Gasteiger charge is 2.14. The average molecular weight is 275 g/mol. The van der Waals surface area contributed by atoms with Crippen molar-refractivity contribution in [3.8, 4) is 0 Å². The van der Waals surface area contributed by atoms with Gasteiger partial charge in [0, 0.05) is 6.54 Å². The van der Waals surface area contributed by atoms with Crippen LogP contribution in [-0.2, 0) is 0 Å². The van der Waals surface area contributed by atoms with Crippen LogP contribution in [0.2, 0.25) is 10.2 Å². The lowest BCUT2D eigenvalue weighted by atomic mass is 9.98. The number of pyridine rings is 1. The van der Waals surface area contributed by atoms with Gasteiger partial charge in [-0.15, -0.1) is 0 Å². The molecule has 17 heavy (non-hydrogen) atoms. The van der Waals surface area contributed by atoms with E-state index in [2.05, 4.69) is 31.1 Å². The van der Waals surface area contributed by atoms with Crippen molar-refractivity contribution in [2.75, 3.05) is 6.54 Å². The van der Waals surface area contributed by atoms with Crippen LogP contribution in [-0.4, -0.2) is 17.4 Å². The summed E-state index contributed by atoms with van der Waals surface area (Å²) in [6.45, 7) is 6.90. The largest absolute Gasteiger partial charge is 0.350 e. The normalized spacial score (nSPS) is 12.6. The quantitative estimate of drug-likeness (QED) is 0.855. The summed E-state index contributed by atoms with van der Waals surface area (Å²) in [6, 6.07) is 3.12. The lowest BCUT2D eigenvalue weighted by Gasteiger charge is -2.16. The minimum Gasteiger partial charge on any atom is -0.350 e. The third kappa shape index (κ3) is 4.17.